The summed E-state index contributed by atoms with van der Waals surface area (Å²) in [5, 5.41) is 29.5. The van der Waals surface area contributed by atoms with Crippen LogP contribution in [0.25, 0.3) is 0 Å². The highest BCUT2D eigenvalue weighted by molar-refractivity contribution is 5.79. The van der Waals surface area contributed by atoms with Crippen molar-refractivity contribution in [1.82, 2.24) is 15.1 Å². The van der Waals surface area contributed by atoms with Crippen molar-refractivity contribution in [3.05, 3.63) is 0 Å². The Morgan fingerprint density at radius 3 is 1.44 bits per heavy atom. The lowest BCUT2D eigenvalue weighted by Crippen LogP contribution is -2.47. The third-order valence-electron chi connectivity index (χ3n) is 4.08. The maximum atomic E-state index is 12.3. The lowest BCUT2D eigenvalue weighted by Gasteiger charge is -2.27. The van der Waals surface area contributed by atoms with Crippen LogP contribution in [0.15, 0.2) is 0 Å². The van der Waals surface area contributed by atoms with Crippen LogP contribution in [0.3, 0.4) is 0 Å². The SMILES string of the molecule is CC.CC.CC.CC(C)CCOC(C)(C)CNC(=O)CN(CCN(CC(=O)O)CC(=O)O)CC(=O)O. The molecule has 0 aliphatic heterocycles. The van der Waals surface area contributed by atoms with E-state index in [0.29, 0.717) is 12.5 Å². The predicted molar refractivity (Wildman–Crippen MR) is 142 cm³/mol. The Morgan fingerprint density at radius 1 is 0.750 bits per heavy atom. The van der Waals surface area contributed by atoms with Gasteiger partial charge in [-0.1, -0.05) is 55.4 Å². The van der Waals surface area contributed by atoms with Crippen molar-refractivity contribution in [3.63, 3.8) is 0 Å². The van der Waals surface area contributed by atoms with E-state index < -0.39 is 49.1 Å². The van der Waals surface area contributed by atoms with Gasteiger partial charge in [0.1, 0.15) is 0 Å². The standard InChI is InChI=1S/C19H35N3O8.3C2H6/c1-14(2)5-8-30-19(3,4)13-20-15(23)9-21(10-16(24)25)6-7-22(11-17(26)27)12-18(28)29;3*1-2/h14H,5-13H2,1-4H3,(H,20,23)(H,24,25)(H,26,27)(H,28,29);3*1-2H3. The van der Waals surface area contributed by atoms with Crippen LogP contribution in [-0.2, 0) is 23.9 Å². The quantitative estimate of drug-likeness (QED) is 0.223. The van der Waals surface area contributed by atoms with E-state index in [2.05, 4.69) is 19.2 Å². The number of aliphatic carboxylic acids is 3. The van der Waals surface area contributed by atoms with Gasteiger partial charge in [-0.3, -0.25) is 29.0 Å². The number of hydrogen-bond donors (Lipinski definition) is 4. The first kappa shape index (κ1) is 40.9. The zero-order valence-electron chi connectivity index (χ0n) is 24.2. The van der Waals surface area contributed by atoms with Crippen molar-refractivity contribution in [3.8, 4) is 0 Å². The molecule has 4 N–H and O–H groups in total. The first-order chi connectivity index (χ1) is 16.8. The largest absolute Gasteiger partial charge is 0.480 e. The Labute approximate surface area is 218 Å². The van der Waals surface area contributed by atoms with E-state index in [0.717, 1.165) is 11.3 Å². The van der Waals surface area contributed by atoms with Crippen LogP contribution in [0.5, 0.6) is 0 Å². The molecule has 0 saturated heterocycles. The van der Waals surface area contributed by atoms with Gasteiger partial charge in [0, 0.05) is 26.2 Å². The van der Waals surface area contributed by atoms with E-state index in [4.69, 9.17) is 20.1 Å². The molecule has 0 bridgehead atoms. The molecule has 11 heteroatoms. The third kappa shape index (κ3) is 29.8. The molecule has 0 fully saturated rings. The van der Waals surface area contributed by atoms with Crippen LogP contribution in [0.4, 0.5) is 0 Å². The van der Waals surface area contributed by atoms with Gasteiger partial charge < -0.3 is 25.4 Å². The van der Waals surface area contributed by atoms with E-state index >= 15 is 0 Å². The molecule has 0 aromatic carbocycles. The molecule has 11 nitrogen and oxygen atoms in total. The minimum atomic E-state index is -1.20. The molecule has 216 valence electrons. The van der Waals surface area contributed by atoms with Crippen LogP contribution in [-0.4, -0.2) is 107 Å². The number of amides is 1. The minimum absolute atomic E-state index is 0.0109. The number of carboxylic acid groups (broad SMARTS) is 3. The summed E-state index contributed by atoms with van der Waals surface area (Å²) in [5.74, 6) is -3.44. The fraction of sp³-hybridized carbons (Fsp3) is 0.840. The van der Waals surface area contributed by atoms with Crippen molar-refractivity contribution < 1.29 is 39.2 Å². The van der Waals surface area contributed by atoms with Gasteiger partial charge in [0.2, 0.25) is 5.91 Å². The Morgan fingerprint density at radius 2 is 1.11 bits per heavy atom. The summed E-state index contributed by atoms with van der Waals surface area (Å²) >= 11 is 0. The number of rotatable bonds is 17. The molecule has 36 heavy (non-hydrogen) atoms. The fourth-order valence-corrected chi connectivity index (χ4v) is 2.48. The van der Waals surface area contributed by atoms with Crippen LogP contribution in [0.2, 0.25) is 0 Å². The monoisotopic (exact) mass is 523 g/mol. The predicted octanol–water partition coefficient (Wildman–Crippen LogP) is 2.88. The Balaban J connectivity index is -0.000000787. The zero-order chi connectivity index (χ0) is 29.3. The molecule has 0 atom stereocenters. The summed E-state index contributed by atoms with van der Waals surface area (Å²) in [6, 6.07) is 0. The van der Waals surface area contributed by atoms with Crippen molar-refractivity contribution in [2.24, 2.45) is 5.92 Å². The highest BCUT2D eigenvalue weighted by atomic mass is 16.5. The Hall–Kier alpha value is -2.24. The van der Waals surface area contributed by atoms with E-state index in [9.17, 15) is 19.2 Å². The van der Waals surface area contributed by atoms with E-state index in [1.54, 1.807) is 0 Å². The third-order valence-corrected chi connectivity index (χ3v) is 4.08. The number of nitrogens with zero attached hydrogens (tertiary/aromatic N) is 2. The second-order valence-corrected chi connectivity index (χ2v) is 8.17. The molecule has 0 spiro atoms. The number of carbonyl (C=O) groups is 4. The summed E-state index contributed by atoms with van der Waals surface area (Å²) in [4.78, 5) is 47.6. The lowest BCUT2D eigenvalue weighted by molar-refractivity contribution is -0.143. The fourth-order valence-electron chi connectivity index (χ4n) is 2.48. The normalized spacial score (nSPS) is 10.4. The number of nitrogens with one attached hydrogen (secondary N) is 1. The molecular formula is C25H53N3O8. The number of hydrogen-bond acceptors (Lipinski definition) is 7. The van der Waals surface area contributed by atoms with Gasteiger partial charge in [-0.05, 0) is 26.2 Å². The summed E-state index contributed by atoms with van der Waals surface area (Å²) in [6.45, 7) is 19.0. The van der Waals surface area contributed by atoms with Crippen LogP contribution in [0, 0.1) is 5.92 Å². The van der Waals surface area contributed by atoms with Gasteiger partial charge >= 0.3 is 17.9 Å². The van der Waals surface area contributed by atoms with Crippen molar-refractivity contribution in [2.45, 2.75) is 81.3 Å². The van der Waals surface area contributed by atoms with Gasteiger partial charge in [-0.25, -0.2) is 0 Å². The molecule has 0 rings (SSSR count). The Bertz CT molecular complexity index is 568. The van der Waals surface area contributed by atoms with E-state index in [1.165, 1.54) is 4.90 Å². The maximum absolute atomic E-state index is 12.3. The first-order valence-corrected chi connectivity index (χ1v) is 12.8. The molecule has 0 unspecified atom stereocenters. The van der Waals surface area contributed by atoms with Gasteiger partial charge in [0.05, 0.1) is 31.8 Å². The number of ether oxygens (including phenoxy) is 1. The minimum Gasteiger partial charge on any atom is -0.480 e. The number of carboxylic acids is 3. The van der Waals surface area contributed by atoms with Crippen molar-refractivity contribution in [2.75, 3.05) is 52.4 Å². The molecule has 0 radical (unpaired) electrons. The van der Waals surface area contributed by atoms with E-state index in [1.807, 2.05) is 55.4 Å². The first-order valence-electron chi connectivity index (χ1n) is 12.8. The summed E-state index contributed by atoms with van der Waals surface area (Å²) in [6.07, 6.45) is 0.896. The van der Waals surface area contributed by atoms with Gasteiger partial charge in [-0.15, -0.1) is 0 Å². The van der Waals surface area contributed by atoms with Crippen molar-refractivity contribution in [1.29, 1.82) is 0 Å². The maximum Gasteiger partial charge on any atom is 0.317 e. The summed E-state index contributed by atoms with van der Waals surface area (Å²) < 4.78 is 5.77. The molecule has 0 saturated carbocycles. The van der Waals surface area contributed by atoms with Gasteiger partial charge in [-0.2, -0.15) is 0 Å². The summed E-state index contributed by atoms with van der Waals surface area (Å²) in [7, 11) is 0. The van der Waals surface area contributed by atoms with E-state index in [-0.39, 0.29) is 26.2 Å². The average molecular weight is 524 g/mol. The Kier molecular flexibility index (Phi) is 29.4. The molecule has 1 amide bonds. The molecular weight excluding hydrogens is 470 g/mol. The molecule has 0 aromatic heterocycles. The highest BCUT2D eigenvalue weighted by Crippen LogP contribution is 2.10. The smallest absolute Gasteiger partial charge is 0.317 e. The molecule has 0 aromatic rings. The summed E-state index contributed by atoms with van der Waals surface area (Å²) in [5.41, 5.74) is -0.581. The van der Waals surface area contributed by atoms with Crippen LogP contribution >= 0.6 is 0 Å². The second kappa shape index (κ2) is 25.8. The molecule has 0 aliphatic rings. The topological polar surface area (TPSA) is 157 Å². The number of carbonyl (C=O) groups excluding carboxylic acids is 1. The second-order valence-electron chi connectivity index (χ2n) is 8.17. The molecule has 0 aliphatic carbocycles. The lowest BCUT2D eigenvalue weighted by atomic mass is 10.1. The highest BCUT2D eigenvalue weighted by Gasteiger charge is 2.22. The van der Waals surface area contributed by atoms with Crippen molar-refractivity contribution >= 4 is 23.8 Å². The van der Waals surface area contributed by atoms with Crippen LogP contribution in [0.1, 0.15) is 75.7 Å². The zero-order valence-corrected chi connectivity index (χ0v) is 24.2. The molecule has 0 heterocycles. The van der Waals surface area contributed by atoms with Gasteiger partial charge in [0.15, 0.2) is 0 Å². The average Bonchev–Trinajstić information content (AvgIpc) is 2.78. The van der Waals surface area contributed by atoms with Crippen LogP contribution < -0.4 is 5.32 Å². The van der Waals surface area contributed by atoms with Gasteiger partial charge in [0.25, 0.3) is 0 Å².